The molecule has 1 aromatic rings. The Morgan fingerprint density at radius 1 is 1.38 bits per heavy atom. The maximum atomic E-state index is 10.8. The third-order valence-electron chi connectivity index (χ3n) is 2.29. The van der Waals surface area contributed by atoms with E-state index in [2.05, 4.69) is 0 Å². The fourth-order valence-corrected chi connectivity index (χ4v) is 1.50. The minimum atomic E-state index is -0.843. The van der Waals surface area contributed by atoms with Crippen LogP contribution in [0.2, 0.25) is 0 Å². The van der Waals surface area contributed by atoms with Crippen LogP contribution in [0.25, 0.3) is 0 Å². The second-order valence-electron chi connectivity index (χ2n) is 3.18. The molecule has 5 nitrogen and oxygen atoms in total. The Bertz CT molecular complexity index is 378. The van der Waals surface area contributed by atoms with Crippen molar-refractivity contribution in [1.82, 2.24) is 0 Å². The number of hydrogen-bond acceptors (Lipinski definition) is 5. The van der Waals surface area contributed by atoms with Crippen molar-refractivity contribution in [2.45, 2.75) is 6.10 Å². The molecular weight excluding hydrogens is 210 g/mol. The van der Waals surface area contributed by atoms with Gasteiger partial charge in [0.1, 0.15) is 0 Å². The number of hydrogen-bond donors (Lipinski definition) is 2. The monoisotopic (exact) mass is 225 g/mol. The van der Waals surface area contributed by atoms with Crippen molar-refractivity contribution in [3.63, 3.8) is 0 Å². The lowest BCUT2D eigenvalue weighted by atomic mass is 10.0. The Labute approximate surface area is 93.8 Å². The largest absolute Gasteiger partial charge is 0.492 e. The average Bonchev–Trinajstić information content (AvgIpc) is 2.35. The van der Waals surface area contributed by atoms with Gasteiger partial charge in [0, 0.05) is 12.1 Å². The number of nitrogens with two attached hydrogens (primary N) is 1. The number of aldehydes is 1. The van der Waals surface area contributed by atoms with Gasteiger partial charge in [0.15, 0.2) is 17.8 Å². The van der Waals surface area contributed by atoms with Gasteiger partial charge in [-0.15, -0.1) is 0 Å². The Morgan fingerprint density at radius 2 is 2.00 bits per heavy atom. The summed E-state index contributed by atoms with van der Waals surface area (Å²) < 4.78 is 10.2. The van der Waals surface area contributed by atoms with Gasteiger partial charge in [-0.1, -0.05) is 6.07 Å². The molecule has 16 heavy (non-hydrogen) atoms. The zero-order valence-electron chi connectivity index (χ0n) is 9.27. The lowest BCUT2D eigenvalue weighted by Gasteiger charge is -2.17. The highest BCUT2D eigenvalue weighted by molar-refractivity contribution is 5.82. The van der Waals surface area contributed by atoms with E-state index >= 15 is 0 Å². The quantitative estimate of drug-likeness (QED) is 0.713. The molecule has 0 saturated heterocycles. The normalized spacial score (nSPS) is 12.0. The Morgan fingerprint density at radius 3 is 2.44 bits per heavy atom. The van der Waals surface area contributed by atoms with Crippen LogP contribution in [0.15, 0.2) is 12.1 Å². The number of methoxy groups -OCH3 is 2. The van der Waals surface area contributed by atoms with Crippen molar-refractivity contribution < 1.29 is 19.4 Å². The van der Waals surface area contributed by atoms with Crippen LogP contribution in [-0.4, -0.2) is 32.2 Å². The molecule has 0 amide bonds. The third kappa shape index (κ3) is 2.15. The molecule has 1 unspecified atom stereocenters. The van der Waals surface area contributed by atoms with Crippen LogP contribution in [-0.2, 0) is 0 Å². The summed E-state index contributed by atoms with van der Waals surface area (Å²) in [5.41, 5.74) is 6.25. The zero-order valence-corrected chi connectivity index (χ0v) is 9.27. The van der Waals surface area contributed by atoms with Gasteiger partial charge in [-0.25, -0.2) is 0 Å². The number of carbonyl (C=O) groups is 1. The maximum Gasteiger partial charge on any atom is 0.171 e. The zero-order chi connectivity index (χ0) is 12.1. The van der Waals surface area contributed by atoms with Crippen molar-refractivity contribution >= 4 is 6.29 Å². The lowest BCUT2D eigenvalue weighted by molar-refractivity contribution is 0.111. The lowest BCUT2D eigenvalue weighted by Crippen LogP contribution is -2.13. The first-order chi connectivity index (χ1) is 7.69. The summed E-state index contributed by atoms with van der Waals surface area (Å²) in [4.78, 5) is 10.8. The van der Waals surface area contributed by atoms with Crippen LogP contribution in [0.5, 0.6) is 11.5 Å². The molecule has 0 spiro atoms. The van der Waals surface area contributed by atoms with Crippen molar-refractivity contribution in [2.75, 3.05) is 20.8 Å². The molecule has 0 aliphatic rings. The second-order valence-corrected chi connectivity index (χ2v) is 3.18. The molecule has 0 saturated carbocycles. The minimum absolute atomic E-state index is 0.0694. The molecule has 0 aliphatic carbocycles. The first-order valence-corrected chi connectivity index (χ1v) is 4.77. The van der Waals surface area contributed by atoms with E-state index in [-0.39, 0.29) is 6.54 Å². The van der Waals surface area contributed by atoms with Crippen molar-refractivity contribution in [3.05, 3.63) is 23.3 Å². The van der Waals surface area contributed by atoms with Crippen LogP contribution in [0, 0.1) is 0 Å². The van der Waals surface area contributed by atoms with Crippen molar-refractivity contribution in [2.24, 2.45) is 5.73 Å². The van der Waals surface area contributed by atoms with E-state index in [0.717, 1.165) is 0 Å². The molecule has 5 heteroatoms. The highest BCUT2D eigenvalue weighted by atomic mass is 16.5. The molecule has 3 N–H and O–H groups in total. The Kier molecular flexibility index (Phi) is 4.28. The highest BCUT2D eigenvalue weighted by Gasteiger charge is 2.18. The maximum absolute atomic E-state index is 10.8. The van der Waals surface area contributed by atoms with E-state index < -0.39 is 6.10 Å². The van der Waals surface area contributed by atoms with Gasteiger partial charge >= 0.3 is 0 Å². The summed E-state index contributed by atoms with van der Waals surface area (Å²) >= 11 is 0. The predicted molar refractivity (Wildman–Crippen MR) is 58.9 cm³/mol. The van der Waals surface area contributed by atoms with Gasteiger partial charge in [0.2, 0.25) is 0 Å². The van der Waals surface area contributed by atoms with Crippen LogP contribution < -0.4 is 15.2 Å². The van der Waals surface area contributed by atoms with Crippen LogP contribution in [0.4, 0.5) is 0 Å². The van der Waals surface area contributed by atoms with Crippen LogP contribution in [0.3, 0.4) is 0 Å². The molecule has 1 aromatic carbocycles. The summed E-state index contributed by atoms with van der Waals surface area (Å²) in [6.45, 7) is 0.0694. The van der Waals surface area contributed by atoms with Gasteiger partial charge in [0.05, 0.1) is 25.9 Å². The van der Waals surface area contributed by atoms with Gasteiger partial charge in [-0.05, 0) is 6.07 Å². The molecular formula is C11H15NO4. The first kappa shape index (κ1) is 12.5. The number of benzene rings is 1. The summed E-state index contributed by atoms with van der Waals surface area (Å²) in [6, 6.07) is 3.16. The molecule has 0 aliphatic heterocycles. The fourth-order valence-electron chi connectivity index (χ4n) is 1.50. The van der Waals surface area contributed by atoms with Crippen LogP contribution >= 0.6 is 0 Å². The number of aliphatic hydroxyl groups excluding tert-OH is 1. The summed E-state index contributed by atoms with van der Waals surface area (Å²) in [5, 5.41) is 9.68. The molecule has 0 heterocycles. The molecule has 1 rings (SSSR count). The molecule has 0 aromatic heterocycles. The highest BCUT2D eigenvalue weighted by Crippen LogP contribution is 2.36. The fraction of sp³-hybridized carbons (Fsp3) is 0.364. The van der Waals surface area contributed by atoms with Crippen LogP contribution in [0.1, 0.15) is 22.0 Å². The topological polar surface area (TPSA) is 81.8 Å². The van der Waals surface area contributed by atoms with E-state index in [9.17, 15) is 9.90 Å². The molecule has 0 radical (unpaired) electrons. The first-order valence-electron chi connectivity index (χ1n) is 4.77. The van der Waals surface area contributed by atoms with Crippen molar-refractivity contribution in [3.8, 4) is 11.5 Å². The van der Waals surface area contributed by atoms with E-state index in [4.69, 9.17) is 15.2 Å². The van der Waals surface area contributed by atoms with Gasteiger partial charge in [0.25, 0.3) is 0 Å². The third-order valence-corrected chi connectivity index (χ3v) is 2.29. The summed E-state index contributed by atoms with van der Waals surface area (Å²) in [7, 11) is 2.88. The summed E-state index contributed by atoms with van der Waals surface area (Å²) in [6.07, 6.45) is -0.176. The smallest absolute Gasteiger partial charge is 0.171 e. The number of ether oxygens (including phenoxy) is 2. The van der Waals surface area contributed by atoms with Gasteiger partial charge in [-0.2, -0.15) is 0 Å². The minimum Gasteiger partial charge on any atom is -0.492 e. The molecule has 88 valence electrons. The molecule has 0 bridgehead atoms. The van der Waals surface area contributed by atoms with E-state index in [0.29, 0.717) is 28.9 Å². The average molecular weight is 225 g/mol. The number of aliphatic hydroxyl groups is 1. The Balaban J connectivity index is 3.36. The Hall–Kier alpha value is -1.59. The molecule has 1 atom stereocenters. The number of rotatable bonds is 5. The summed E-state index contributed by atoms with van der Waals surface area (Å²) in [5.74, 6) is 0.646. The molecule has 0 fully saturated rings. The van der Waals surface area contributed by atoms with Gasteiger partial charge in [-0.3, -0.25) is 4.79 Å². The van der Waals surface area contributed by atoms with E-state index in [1.165, 1.54) is 14.2 Å². The SMILES string of the molecule is COc1c(C=O)ccc(C(O)CN)c1OC. The van der Waals surface area contributed by atoms with Gasteiger partial charge < -0.3 is 20.3 Å². The van der Waals surface area contributed by atoms with E-state index in [1.54, 1.807) is 12.1 Å². The van der Waals surface area contributed by atoms with Crippen molar-refractivity contribution in [1.29, 1.82) is 0 Å². The number of carbonyl (C=O) groups excluding carboxylic acids is 1. The predicted octanol–water partition coefficient (Wildman–Crippen LogP) is 0.508. The standard InChI is InChI=1S/C11H15NO4/c1-15-10-7(6-13)3-4-8(9(14)5-12)11(10)16-2/h3-4,6,9,14H,5,12H2,1-2H3. The second kappa shape index (κ2) is 5.48. The van der Waals surface area contributed by atoms with E-state index in [1.807, 2.05) is 0 Å².